The summed E-state index contributed by atoms with van der Waals surface area (Å²) < 4.78 is 6.30. The summed E-state index contributed by atoms with van der Waals surface area (Å²) >= 11 is 0. The number of ether oxygens (including phenoxy) is 1. The lowest BCUT2D eigenvalue weighted by Gasteiger charge is -2.06. The van der Waals surface area contributed by atoms with Crippen LogP contribution in [-0.2, 0) is 6.54 Å². The normalized spacial score (nSPS) is 10.4. The highest BCUT2D eigenvalue weighted by atomic mass is 16.6. The zero-order valence-electron chi connectivity index (χ0n) is 11.6. The standard InChI is InChI=1S/C13H14N4O4/c1-8-11(17(19)20)12(13(14)18)16(15-8)7-9-3-5-10(21-2)6-4-9/h3-6H,7H2,1-2H3,(H2,14,18). The average Bonchev–Trinajstić information content (AvgIpc) is 2.76. The monoisotopic (exact) mass is 290 g/mol. The van der Waals surface area contributed by atoms with E-state index in [0.29, 0.717) is 5.75 Å². The van der Waals surface area contributed by atoms with Crippen molar-refractivity contribution in [3.05, 3.63) is 51.3 Å². The molecule has 0 atom stereocenters. The highest BCUT2D eigenvalue weighted by molar-refractivity contribution is 5.95. The molecule has 0 radical (unpaired) electrons. The largest absolute Gasteiger partial charge is 0.497 e. The van der Waals surface area contributed by atoms with Crippen LogP contribution in [0.1, 0.15) is 21.7 Å². The third-order valence-electron chi connectivity index (χ3n) is 3.00. The molecule has 0 unspecified atom stereocenters. The van der Waals surface area contributed by atoms with Crippen LogP contribution in [0.5, 0.6) is 5.75 Å². The first kappa shape index (κ1) is 14.5. The molecule has 8 heteroatoms. The summed E-state index contributed by atoms with van der Waals surface area (Å²) in [7, 11) is 1.56. The van der Waals surface area contributed by atoms with Crippen LogP contribution in [0.15, 0.2) is 24.3 Å². The van der Waals surface area contributed by atoms with E-state index in [4.69, 9.17) is 10.5 Å². The molecule has 8 nitrogen and oxygen atoms in total. The number of primary amides is 1. The van der Waals surface area contributed by atoms with E-state index in [1.807, 2.05) is 0 Å². The maximum atomic E-state index is 11.5. The van der Waals surface area contributed by atoms with Crippen molar-refractivity contribution in [2.75, 3.05) is 7.11 Å². The molecule has 0 bridgehead atoms. The van der Waals surface area contributed by atoms with Crippen LogP contribution in [0.25, 0.3) is 0 Å². The Kier molecular flexibility index (Phi) is 3.88. The second-order valence-electron chi connectivity index (χ2n) is 4.41. The van der Waals surface area contributed by atoms with Crippen molar-refractivity contribution in [3.8, 4) is 5.75 Å². The number of amides is 1. The van der Waals surface area contributed by atoms with Crippen molar-refractivity contribution in [3.63, 3.8) is 0 Å². The topological polar surface area (TPSA) is 113 Å². The number of carbonyl (C=O) groups is 1. The van der Waals surface area contributed by atoms with Gasteiger partial charge in [-0.15, -0.1) is 0 Å². The smallest absolute Gasteiger partial charge is 0.322 e. The molecule has 0 aliphatic carbocycles. The molecular weight excluding hydrogens is 276 g/mol. The number of rotatable bonds is 5. The minimum absolute atomic E-state index is 0.155. The first-order valence-corrected chi connectivity index (χ1v) is 6.08. The van der Waals surface area contributed by atoms with Crippen LogP contribution >= 0.6 is 0 Å². The minimum atomic E-state index is -0.879. The van der Waals surface area contributed by atoms with Crippen LogP contribution < -0.4 is 10.5 Å². The zero-order valence-corrected chi connectivity index (χ0v) is 11.6. The molecule has 2 aromatic rings. The van der Waals surface area contributed by atoms with Crippen molar-refractivity contribution in [2.24, 2.45) is 5.73 Å². The van der Waals surface area contributed by atoms with Crippen molar-refractivity contribution >= 4 is 11.6 Å². The van der Waals surface area contributed by atoms with E-state index in [9.17, 15) is 14.9 Å². The fraction of sp³-hybridized carbons (Fsp3) is 0.231. The SMILES string of the molecule is COc1ccc(Cn2nc(C)c([N+](=O)[O-])c2C(N)=O)cc1. The third kappa shape index (κ3) is 2.83. The molecule has 0 saturated carbocycles. The average molecular weight is 290 g/mol. The van der Waals surface area contributed by atoms with Gasteiger partial charge in [-0.1, -0.05) is 12.1 Å². The van der Waals surface area contributed by atoms with E-state index >= 15 is 0 Å². The Morgan fingerprint density at radius 3 is 2.52 bits per heavy atom. The van der Waals surface area contributed by atoms with Gasteiger partial charge in [0.05, 0.1) is 18.6 Å². The van der Waals surface area contributed by atoms with Crippen LogP contribution in [0, 0.1) is 17.0 Å². The number of hydrogen-bond acceptors (Lipinski definition) is 5. The number of nitrogens with two attached hydrogens (primary N) is 1. The predicted octanol–water partition coefficient (Wildman–Crippen LogP) is 1.26. The van der Waals surface area contributed by atoms with E-state index in [0.717, 1.165) is 5.56 Å². The van der Waals surface area contributed by atoms with Gasteiger partial charge in [0.25, 0.3) is 5.91 Å². The summed E-state index contributed by atoms with van der Waals surface area (Å²) in [5.41, 5.74) is 5.66. The van der Waals surface area contributed by atoms with Crippen molar-refractivity contribution in [1.29, 1.82) is 0 Å². The lowest BCUT2D eigenvalue weighted by molar-refractivity contribution is -0.385. The molecule has 1 heterocycles. The molecule has 110 valence electrons. The van der Waals surface area contributed by atoms with Crippen LogP contribution in [0.3, 0.4) is 0 Å². The second kappa shape index (κ2) is 5.61. The van der Waals surface area contributed by atoms with E-state index in [1.165, 1.54) is 11.6 Å². The summed E-state index contributed by atoms with van der Waals surface area (Å²) in [5, 5.41) is 15.1. The third-order valence-corrected chi connectivity index (χ3v) is 3.00. The summed E-state index contributed by atoms with van der Waals surface area (Å²) in [6.07, 6.45) is 0. The van der Waals surface area contributed by atoms with Gasteiger partial charge < -0.3 is 10.5 Å². The lowest BCUT2D eigenvalue weighted by atomic mass is 10.2. The Bertz CT molecular complexity index is 691. The quantitative estimate of drug-likeness (QED) is 0.657. The van der Waals surface area contributed by atoms with Gasteiger partial charge >= 0.3 is 5.69 Å². The maximum Gasteiger partial charge on any atom is 0.322 e. The second-order valence-corrected chi connectivity index (χ2v) is 4.41. The van der Waals surface area contributed by atoms with Gasteiger partial charge in [-0.3, -0.25) is 14.9 Å². The zero-order chi connectivity index (χ0) is 15.6. The summed E-state index contributed by atoms with van der Waals surface area (Å²) in [4.78, 5) is 21.9. The van der Waals surface area contributed by atoms with Gasteiger partial charge in [0.2, 0.25) is 5.69 Å². The number of benzene rings is 1. The van der Waals surface area contributed by atoms with Crippen LogP contribution in [0.2, 0.25) is 0 Å². The van der Waals surface area contributed by atoms with Crippen molar-refractivity contribution in [1.82, 2.24) is 9.78 Å². The van der Waals surface area contributed by atoms with E-state index in [1.54, 1.807) is 31.4 Å². The van der Waals surface area contributed by atoms with Gasteiger partial charge in [0.1, 0.15) is 11.4 Å². The number of aromatic nitrogens is 2. The molecule has 0 aliphatic rings. The molecule has 21 heavy (non-hydrogen) atoms. The molecule has 1 amide bonds. The Morgan fingerprint density at radius 2 is 2.05 bits per heavy atom. The Labute approximate surface area is 120 Å². The van der Waals surface area contributed by atoms with Gasteiger partial charge in [-0.25, -0.2) is 4.68 Å². The number of methoxy groups -OCH3 is 1. The minimum Gasteiger partial charge on any atom is -0.497 e. The fourth-order valence-electron chi connectivity index (χ4n) is 2.05. The maximum absolute atomic E-state index is 11.5. The molecule has 0 saturated heterocycles. The van der Waals surface area contributed by atoms with Crippen LogP contribution in [0.4, 0.5) is 5.69 Å². The van der Waals surface area contributed by atoms with E-state index in [2.05, 4.69) is 5.10 Å². The first-order valence-electron chi connectivity index (χ1n) is 6.08. The highest BCUT2D eigenvalue weighted by Gasteiger charge is 2.28. The lowest BCUT2D eigenvalue weighted by Crippen LogP contribution is -2.19. The Morgan fingerprint density at radius 1 is 1.43 bits per heavy atom. The summed E-state index contributed by atoms with van der Waals surface area (Å²) in [6, 6.07) is 7.08. The molecule has 0 fully saturated rings. The molecular formula is C13H14N4O4. The van der Waals surface area contributed by atoms with Crippen LogP contribution in [-0.4, -0.2) is 27.7 Å². The first-order chi connectivity index (χ1) is 9.93. The fourth-order valence-corrected chi connectivity index (χ4v) is 2.05. The number of nitro groups is 1. The number of nitrogens with zero attached hydrogens (tertiary/aromatic N) is 3. The van der Waals surface area contributed by atoms with Gasteiger partial charge in [0.15, 0.2) is 0 Å². The van der Waals surface area contributed by atoms with E-state index in [-0.39, 0.29) is 23.6 Å². The van der Waals surface area contributed by atoms with Crippen molar-refractivity contribution in [2.45, 2.75) is 13.5 Å². The van der Waals surface area contributed by atoms with Gasteiger partial charge in [0, 0.05) is 0 Å². The molecule has 1 aromatic carbocycles. The highest BCUT2D eigenvalue weighted by Crippen LogP contribution is 2.23. The van der Waals surface area contributed by atoms with Gasteiger partial charge in [-0.2, -0.15) is 5.10 Å². The molecule has 0 aliphatic heterocycles. The summed E-state index contributed by atoms with van der Waals surface area (Å²) in [6.45, 7) is 1.67. The molecule has 0 spiro atoms. The Hall–Kier alpha value is -2.90. The van der Waals surface area contributed by atoms with E-state index < -0.39 is 10.8 Å². The van der Waals surface area contributed by atoms with Crippen molar-refractivity contribution < 1.29 is 14.5 Å². The van der Waals surface area contributed by atoms with Gasteiger partial charge in [-0.05, 0) is 24.6 Å². The Balaban J connectivity index is 2.41. The molecule has 2 rings (SSSR count). The summed E-state index contributed by atoms with van der Waals surface area (Å²) in [5.74, 6) is -0.188. The predicted molar refractivity (Wildman–Crippen MR) is 74.2 cm³/mol. The molecule has 2 N–H and O–H groups in total. The number of aryl methyl sites for hydroxylation is 1. The molecule has 1 aromatic heterocycles. The number of carbonyl (C=O) groups excluding carboxylic acids is 1. The number of hydrogen-bond donors (Lipinski definition) is 1.